The SMILES string of the molecule is N/C(=N\OC(=O)c1ccc([N+](=O)[O-])cc1)c1cnn2c(C(F)(F)F)ccnc12. The van der Waals surface area contributed by atoms with E-state index in [9.17, 15) is 28.1 Å². The van der Waals surface area contributed by atoms with Gasteiger partial charge in [-0.1, -0.05) is 5.16 Å². The van der Waals surface area contributed by atoms with Crippen molar-refractivity contribution < 1.29 is 27.7 Å². The van der Waals surface area contributed by atoms with Crippen LogP contribution in [0.15, 0.2) is 47.9 Å². The summed E-state index contributed by atoms with van der Waals surface area (Å²) in [7, 11) is 0. The molecule has 2 N–H and O–H groups in total. The highest BCUT2D eigenvalue weighted by atomic mass is 19.4. The van der Waals surface area contributed by atoms with E-state index in [2.05, 4.69) is 20.1 Å². The lowest BCUT2D eigenvalue weighted by molar-refractivity contribution is -0.384. The van der Waals surface area contributed by atoms with E-state index < -0.39 is 28.6 Å². The number of nitro groups is 1. The lowest BCUT2D eigenvalue weighted by Crippen LogP contribution is -2.17. The van der Waals surface area contributed by atoms with Crippen LogP contribution in [-0.4, -0.2) is 31.3 Å². The molecule has 0 amide bonds. The molecule has 2 aromatic heterocycles. The Morgan fingerprint density at radius 1 is 1.25 bits per heavy atom. The Hall–Kier alpha value is -4.03. The summed E-state index contributed by atoms with van der Waals surface area (Å²) in [6.45, 7) is 0. The molecule has 0 saturated carbocycles. The maximum Gasteiger partial charge on any atom is 0.433 e. The molecule has 0 atom stereocenters. The van der Waals surface area contributed by atoms with Crippen LogP contribution in [0.3, 0.4) is 0 Å². The Morgan fingerprint density at radius 2 is 1.93 bits per heavy atom. The molecule has 0 spiro atoms. The van der Waals surface area contributed by atoms with Crippen LogP contribution in [0.2, 0.25) is 0 Å². The fraction of sp³-hybridized carbons (Fsp3) is 0.0667. The van der Waals surface area contributed by atoms with Crippen LogP contribution in [-0.2, 0) is 11.0 Å². The summed E-state index contributed by atoms with van der Waals surface area (Å²) >= 11 is 0. The first-order chi connectivity index (χ1) is 13.2. The highest BCUT2D eigenvalue weighted by Crippen LogP contribution is 2.29. The molecule has 0 aliphatic carbocycles. The van der Waals surface area contributed by atoms with Gasteiger partial charge in [-0.05, 0) is 18.2 Å². The third-order valence-electron chi connectivity index (χ3n) is 3.51. The monoisotopic (exact) mass is 394 g/mol. The number of halogens is 3. The molecule has 0 aliphatic rings. The smallest absolute Gasteiger partial charge is 0.380 e. The first kappa shape index (κ1) is 18.8. The van der Waals surface area contributed by atoms with Crippen molar-refractivity contribution in [3.05, 3.63) is 69.7 Å². The number of non-ortho nitro benzene ring substituents is 1. The van der Waals surface area contributed by atoms with Crippen molar-refractivity contribution in [3.8, 4) is 0 Å². The number of fused-ring (bicyclic) bond motifs is 1. The zero-order valence-corrected chi connectivity index (χ0v) is 13.6. The zero-order chi connectivity index (χ0) is 20.5. The number of rotatable bonds is 4. The number of nitrogens with zero attached hydrogens (tertiary/aromatic N) is 5. The molecule has 13 heteroatoms. The second kappa shape index (κ2) is 6.94. The van der Waals surface area contributed by atoms with Crippen molar-refractivity contribution in [2.75, 3.05) is 0 Å². The van der Waals surface area contributed by atoms with Crippen molar-refractivity contribution >= 4 is 23.1 Å². The number of nitro benzene ring substituents is 1. The van der Waals surface area contributed by atoms with Crippen LogP contribution < -0.4 is 5.73 Å². The standard InChI is InChI=1S/C15H9F3N6O4/c16-15(17,18)11-5-6-20-13-10(7-21-23(11)13)12(19)22-28-14(25)8-1-3-9(4-2-8)24(26)27/h1-7H,(H2,19,22). The summed E-state index contributed by atoms with van der Waals surface area (Å²) < 4.78 is 39.5. The predicted molar refractivity (Wildman–Crippen MR) is 87.2 cm³/mol. The Morgan fingerprint density at radius 3 is 2.54 bits per heavy atom. The first-order valence-electron chi connectivity index (χ1n) is 7.38. The van der Waals surface area contributed by atoms with Crippen molar-refractivity contribution in [1.29, 1.82) is 0 Å². The second-order valence-electron chi connectivity index (χ2n) is 5.28. The van der Waals surface area contributed by atoms with Gasteiger partial charge in [0, 0.05) is 18.3 Å². The van der Waals surface area contributed by atoms with Gasteiger partial charge in [-0.2, -0.15) is 18.3 Å². The number of alkyl halides is 3. The summed E-state index contributed by atoms with van der Waals surface area (Å²) in [6.07, 6.45) is -2.74. The van der Waals surface area contributed by atoms with E-state index in [1.807, 2.05) is 0 Å². The van der Waals surface area contributed by atoms with Gasteiger partial charge >= 0.3 is 12.1 Å². The van der Waals surface area contributed by atoms with Gasteiger partial charge in [0.05, 0.1) is 22.2 Å². The van der Waals surface area contributed by atoms with Crippen LogP contribution >= 0.6 is 0 Å². The largest absolute Gasteiger partial charge is 0.433 e. The van der Waals surface area contributed by atoms with E-state index in [4.69, 9.17) is 5.73 Å². The lowest BCUT2D eigenvalue weighted by Gasteiger charge is -2.07. The number of amidine groups is 1. The van der Waals surface area contributed by atoms with Crippen LogP contribution in [0, 0.1) is 10.1 Å². The van der Waals surface area contributed by atoms with Crippen molar-refractivity contribution in [1.82, 2.24) is 14.6 Å². The van der Waals surface area contributed by atoms with E-state index >= 15 is 0 Å². The highest BCUT2D eigenvalue weighted by molar-refractivity contribution is 6.02. The summed E-state index contributed by atoms with van der Waals surface area (Å²) in [5.41, 5.74) is 4.01. The molecule has 28 heavy (non-hydrogen) atoms. The normalized spacial score (nSPS) is 12.2. The molecular weight excluding hydrogens is 385 g/mol. The number of benzene rings is 1. The number of nitrogens with two attached hydrogens (primary N) is 1. The Kier molecular flexibility index (Phi) is 4.65. The highest BCUT2D eigenvalue weighted by Gasteiger charge is 2.34. The maximum atomic E-state index is 13.0. The van der Waals surface area contributed by atoms with Crippen molar-refractivity contribution in [2.24, 2.45) is 10.9 Å². The first-order valence-corrected chi connectivity index (χ1v) is 7.38. The molecule has 3 aromatic rings. The van der Waals surface area contributed by atoms with E-state index in [0.29, 0.717) is 4.52 Å². The Balaban J connectivity index is 1.84. The summed E-state index contributed by atoms with van der Waals surface area (Å²) in [6, 6.07) is 5.23. The molecule has 0 aliphatic heterocycles. The summed E-state index contributed by atoms with van der Waals surface area (Å²) in [4.78, 5) is 30.3. The molecule has 0 bridgehead atoms. The molecule has 3 rings (SSSR count). The van der Waals surface area contributed by atoms with Gasteiger partial charge in [0.25, 0.3) is 5.69 Å². The number of carbonyl (C=O) groups is 1. The van der Waals surface area contributed by atoms with Gasteiger partial charge < -0.3 is 10.6 Å². The number of aromatic nitrogens is 3. The molecule has 0 saturated heterocycles. The van der Waals surface area contributed by atoms with Gasteiger partial charge in [0.2, 0.25) is 0 Å². The third-order valence-corrected chi connectivity index (χ3v) is 3.51. The van der Waals surface area contributed by atoms with Gasteiger partial charge in [-0.25, -0.2) is 14.3 Å². The fourth-order valence-electron chi connectivity index (χ4n) is 2.20. The Labute approximate surface area is 153 Å². The molecule has 0 unspecified atom stereocenters. The number of hydrogen-bond donors (Lipinski definition) is 1. The van der Waals surface area contributed by atoms with Gasteiger partial charge in [0.15, 0.2) is 11.5 Å². The predicted octanol–water partition coefficient (Wildman–Crippen LogP) is 2.13. The van der Waals surface area contributed by atoms with Gasteiger partial charge in [-0.3, -0.25) is 10.1 Å². The van der Waals surface area contributed by atoms with Crippen LogP contribution in [0.4, 0.5) is 18.9 Å². The van der Waals surface area contributed by atoms with E-state index in [1.54, 1.807) is 0 Å². The van der Waals surface area contributed by atoms with Crippen molar-refractivity contribution in [2.45, 2.75) is 6.18 Å². The average molecular weight is 394 g/mol. The molecule has 0 radical (unpaired) electrons. The summed E-state index contributed by atoms with van der Waals surface area (Å²) in [5.74, 6) is -1.41. The van der Waals surface area contributed by atoms with E-state index in [0.717, 1.165) is 42.7 Å². The third kappa shape index (κ3) is 3.58. The topological polar surface area (TPSA) is 138 Å². The van der Waals surface area contributed by atoms with E-state index in [-0.39, 0.29) is 22.5 Å². The molecule has 0 fully saturated rings. The average Bonchev–Trinajstić information content (AvgIpc) is 3.09. The van der Waals surface area contributed by atoms with Gasteiger partial charge in [-0.15, -0.1) is 0 Å². The zero-order valence-electron chi connectivity index (χ0n) is 13.6. The quantitative estimate of drug-likeness (QED) is 0.235. The van der Waals surface area contributed by atoms with E-state index in [1.165, 1.54) is 0 Å². The second-order valence-corrected chi connectivity index (χ2v) is 5.28. The fourth-order valence-corrected chi connectivity index (χ4v) is 2.20. The molecular formula is C15H9F3N6O4. The number of oxime groups is 1. The number of hydrogen-bond acceptors (Lipinski definition) is 7. The van der Waals surface area contributed by atoms with Crippen LogP contribution in [0.5, 0.6) is 0 Å². The summed E-state index contributed by atoms with van der Waals surface area (Å²) in [5, 5.41) is 17.6. The molecule has 1 aromatic carbocycles. The molecule has 144 valence electrons. The van der Waals surface area contributed by atoms with Crippen molar-refractivity contribution in [3.63, 3.8) is 0 Å². The Bertz CT molecular complexity index is 1090. The maximum absolute atomic E-state index is 13.0. The molecule has 2 heterocycles. The van der Waals surface area contributed by atoms with Gasteiger partial charge in [0.1, 0.15) is 5.69 Å². The van der Waals surface area contributed by atoms with Crippen LogP contribution in [0.1, 0.15) is 21.6 Å². The minimum Gasteiger partial charge on any atom is -0.380 e. The number of carbonyl (C=O) groups excluding carboxylic acids is 1. The minimum absolute atomic E-state index is 0.0421. The lowest BCUT2D eigenvalue weighted by atomic mass is 10.2. The minimum atomic E-state index is -4.67. The molecule has 10 nitrogen and oxygen atoms in total. The van der Waals surface area contributed by atoms with Crippen LogP contribution in [0.25, 0.3) is 5.65 Å².